The molecule has 0 aliphatic heterocycles. The first-order chi connectivity index (χ1) is 9.03. The standard InChI is InChI=1S/C12H15NO6/c1-4-7-10(14)17-13(18-11(15)8-5-2)19-12(16)9-6-3/h4-6H,1-3,7-9H2. The molecule has 7 heteroatoms. The van der Waals surface area contributed by atoms with Gasteiger partial charge in [-0.05, 0) is 0 Å². The second-order valence-corrected chi connectivity index (χ2v) is 3.09. The second-order valence-electron chi connectivity index (χ2n) is 3.09. The number of nitrogens with zero attached hydrogens (tertiary/aromatic N) is 1. The number of carbonyl (C=O) groups is 3. The third kappa shape index (κ3) is 8.33. The summed E-state index contributed by atoms with van der Waals surface area (Å²) < 4.78 is 0. The molecule has 0 saturated heterocycles. The lowest BCUT2D eigenvalue weighted by atomic mass is 10.4. The zero-order chi connectivity index (χ0) is 14.7. The van der Waals surface area contributed by atoms with Crippen molar-refractivity contribution >= 4 is 17.9 Å². The van der Waals surface area contributed by atoms with E-state index in [0.717, 1.165) is 0 Å². The van der Waals surface area contributed by atoms with Crippen molar-refractivity contribution < 1.29 is 28.9 Å². The van der Waals surface area contributed by atoms with Gasteiger partial charge in [-0.25, -0.2) is 14.4 Å². The molecule has 0 atom stereocenters. The number of hydrogen-bond donors (Lipinski definition) is 0. The predicted molar refractivity (Wildman–Crippen MR) is 64.6 cm³/mol. The van der Waals surface area contributed by atoms with Crippen molar-refractivity contribution in [3.8, 4) is 0 Å². The molecule has 0 unspecified atom stereocenters. The monoisotopic (exact) mass is 269 g/mol. The summed E-state index contributed by atoms with van der Waals surface area (Å²) in [6.45, 7) is 9.98. The van der Waals surface area contributed by atoms with Crippen LogP contribution in [0.15, 0.2) is 38.0 Å². The van der Waals surface area contributed by atoms with Crippen LogP contribution in [0.3, 0.4) is 0 Å². The molecule has 0 aliphatic rings. The van der Waals surface area contributed by atoms with E-state index in [1.54, 1.807) is 0 Å². The lowest BCUT2D eigenvalue weighted by molar-refractivity contribution is -0.463. The van der Waals surface area contributed by atoms with Crippen molar-refractivity contribution in [2.45, 2.75) is 19.3 Å². The summed E-state index contributed by atoms with van der Waals surface area (Å²) in [5.74, 6) is -2.44. The van der Waals surface area contributed by atoms with Crippen LogP contribution >= 0.6 is 0 Å². The Hall–Kier alpha value is -2.41. The van der Waals surface area contributed by atoms with Crippen LogP contribution in [0, 0.1) is 0 Å². The molecule has 7 nitrogen and oxygen atoms in total. The van der Waals surface area contributed by atoms with Crippen molar-refractivity contribution in [2.24, 2.45) is 0 Å². The first-order valence-electron chi connectivity index (χ1n) is 5.28. The van der Waals surface area contributed by atoms with E-state index in [2.05, 4.69) is 34.2 Å². The average molecular weight is 269 g/mol. The van der Waals surface area contributed by atoms with Crippen molar-refractivity contribution in [1.82, 2.24) is 5.39 Å². The van der Waals surface area contributed by atoms with Crippen LogP contribution in [0.1, 0.15) is 19.3 Å². The molecule has 0 rings (SSSR count). The summed E-state index contributed by atoms with van der Waals surface area (Å²) in [6, 6.07) is 0. The van der Waals surface area contributed by atoms with E-state index in [0.29, 0.717) is 0 Å². The molecule has 0 aliphatic carbocycles. The summed E-state index contributed by atoms with van der Waals surface area (Å²) in [4.78, 5) is 47.0. The van der Waals surface area contributed by atoms with Crippen LogP contribution in [0.4, 0.5) is 0 Å². The van der Waals surface area contributed by atoms with Crippen LogP contribution in [-0.4, -0.2) is 23.3 Å². The number of rotatable bonds is 9. The third-order valence-electron chi connectivity index (χ3n) is 1.46. The summed E-state index contributed by atoms with van der Waals surface area (Å²) >= 11 is 0. The summed E-state index contributed by atoms with van der Waals surface area (Å²) in [5.41, 5.74) is 0. The lowest BCUT2D eigenvalue weighted by Crippen LogP contribution is -2.32. The maximum absolute atomic E-state index is 11.2. The van der Waals surface area contributed by atoms with Crippen LogP contribution in [0.2, 0.25) is 0 Å². The van der Waals surface area contributed by atoms with Gasteiger partial charge in [-0.2, -0.15) is 0 Å². The summed E-state index contributed by atoms with van der Waals surface area (Å²) in [7, 11) is 0. The van der Waals surface area contributed by atoms with Gasteiger partial charge >= 0.3 is 17.9 Å². The van der Waals surface area contributed by atoms with Crippen LogP contribution in [-0.2, 0) is 28.9 Å². The van der Waals surface area contributed by atoms with Crippen LogP contribution in [0.25, 0.3) is 0 Å². The van der Waals surface area contributed by atoms with Crippen LogP contribution in [0.5, 0.6) is 0 Å². The van der Waals surface area contributed by atoms with Gasteiger partial charge in [0.15, 0.2) is 0 Å². The van der Waals surface area contributed by atoms with Gasteiger partial charge in [0.25, 0.3) is 0 Å². The molecule has 0 heterocycles. The normalized spacial score (nSPS) is 9.32. The summed E-state index contributed by atoms with van der Waals surface area (Å²) in [6.07, 6.45) is 3.39. The van der Waals surface area contributed by atoms with Crippen LogP contribution < -0.4 is 0 Å². The molecule has 0 amide bonds. The Bertz CT molecular complexity index is 319. The van der Waals surface area contributed by atoms with Gasteiger partial charge in [0.2, 0.25) is 5.39 Å². The molecule has 0 N–H and O–H groups in total. The number of hydrogen-bond acceptors (Lipinski definition) is 7. The minimum Gasteiger partial charge on any atom is -0.300 e. The maximum Gasteiger partial charge on any atom is 0.336 e. The maximum atomic E-state index is 11.2. The molecule has 0 aromatic rings. The fourth-order valence-corrected chi connectivity index (χ4v) is 0.771. The first-order valence-corrected chi connectivity index (χ1v) is 5.28. The van der Waals surface area contributed by atoms with Gasteiger partial charge in [0.05, 0.1) is 19.3 Å². The molecular weight excluding hydrogens is 254 g/mol. The summed E-state index contributed by atoms with van der Waals surface area (Å²) in [5, 5.41) is 0.0590. The molecule has 0 aromatic heterocycles. The van der Waals surface area contributed by atoms with Gasteiger partial charge < -0.3 is 14.5 Å². The molecule has 0 radical (unpaired) electrons. The van der Waals surface area contributed by atoms with Crippen molar-refractivity contribution in [2.75, 3.05) is 0 Å². The SMILES string of the molecule is C=CCC(=O)ON(OC(=O)CC=C)OC(=O)CC=C. The van der Waals surface area contributed by atoms with Gasteiger partial charge in [0, 0.05) is 0 Å². The lowest BCUT2D eigenvalue weighted by Gasteiger charge is -2.16. The molecule has 0 spiro atoms. The largest absolute Gasteiger partial charge is 0.336 e. The quantitative estimate of drug-likeness (QED) is 0.462. The van der Waals surface area contributed by atoms with E-state index in [1.165, 1.54) is 18.2 Å². The number of carbonyl (C=O) groups excluding carboxylic acids is 3. The third-order valence-corrected chi connectivity index (χ3v) is 1.46. The first kappa shape index (κ1) is 16.6. The minimum absolute atomic E-state index is 0.0590. The zero-order valence-electron chi connectivity index (χ0n) is 10.4. The highest BCUT2D eigenvalue weighted by Crippen LogP contribution is 2.03. The highest BCUT2D eigenvalue weighted by Gasteiger charge is 2.20. The minimum atomic E-state index is -0.812. The molecular formula is C12H15NO6. The van der Waals surface area contributed by atoms with Gasteiger partial charge in [-0.15, -0.1) is 19.7 Å². The Kier molecular flexibility index (Phi) is 8.38. The van der Waals surface area contributed by atoms with E-state index >= 15 is 0 Å². The fraction of sp³-hybridized carbons (Fsp3) is 0.250. The Balaban J connectivity index is 4.52. The Labute approximate surface area is 110 Å². The molecule has 0 saturated carbocycles. The van der Waals surface area contributed by atoms with Crippen molar-refractivity contribution in [1.29, 1.82) is 0 Å². The topological polar surface area (TPSA) is 82.1 Å². The highest BCUT2D eigenvalue weighted by molar-refractivity contribution is 5.73. The van der Waals surface area contributed by atoms with Gasteiger partial charge in [-0.3, -0.25) is 0 Å². The average Bonchev–Trinajstić information content (AvgIpc) is 2.29. The molecule has 19 heavy (non-hydrogen) atoms. The molecule has 104 valence electrons. The zero-order valence-corrected chi connectivity index (χ0v) is 10.4. The molecule has 0 fully saturated rings. The van der Waals surface area contributed by atoms with E-state index in [-0.39, 0.29) is 24.7 Å². The van der Waals surface area contributed by atoms with Crippen molar-refractivity contribution in [3.63, 3.8) is 0 Å². The van der Waals surface area contributed by atoms with E-state index in [4.69, 9.17) is 0 Å². The van der Waals surface area contributed by atoms with E-state index < -0.39 is 17.9 Å². The van der Waals surface area contributed by atoms with E-state index in [9.17, 15) is 14.4 Å². The van der Waals surface area contributed by atoms with Gasteiger partial charge in [-0.1, -0.05) is 18.2 Å². The fourth-order valence-electron chi connectivity index (χ4n) is 0.771. The molecule has 0 aromatic carbocycles. The Morgan fingerprint density at radius 1 is 0.737 bits per heavy atom. The smallest absolute Gasteiger partial charge is 0.300 e. The Morgan fingerprint density at radius 2 is 1.00 bits per heavy atom. The predicted octanol–water partition coefficient (Wildman–Crippen LogP) is 1.39. The van der Waals surface area contributed by atoms with Gasteiger partial charge in [0.1, 0.15) is 0 Å². The second kappa shape index (κ2) is 9.60. The Morgan fingerprint density at radius 3 is 1.21 bits per heavy atom. The van der Waals surface area contributed by atoms with Crippen molar-refractivity contribution in [3.05, 3.63) is 38.0 Å². The highest BCUT2D eigenvalue weighted by atomic mass is 17.2. The van der Waals surface area contributed by atoms with E-state index in [1.807, 2.05) is 0 Å². The molecule has 0 bridgehead atoms.